The van der Waals surface area contributed by atoms with Crippen LogP contribution in [0.1, 0.15) is 29.6 Å². The van der Waals surface area contributed by atoms with Crippen molar-refractivity contribution in [2.75, 3.05) is 30.4 Å². The number of piperidine rings is 1. The Morgan fingerprint density at radius 1 is 0.931 bits per heavy atom. The largest absolute Gasteiger partial charge is 0.496 e. The first-order chi connectivity index (χ1) is 14.2. The van der Waals surface area contributed by atoms with Crippen LogP contribution < -0.4 is 15.0 Å². The SMILES string of the molecule is COc1ccccc1C(=O)Nc1ccc(-c2ccc(N3CCCCC3)nn2)cc1. The Morgan fingerprint density at radius 2 is 1.69 bits per heavy atom. The van der Waals surface area contributed by atoms with Gasteiger partial charge in [0.15, 0.2) is 5.82 Å². The summed E-state index contributed by atoms with van der Waals surface area (Å²) in [4.78, 5) is 14.8. The number of ether oxygens (including phenoxy) is 1. The van der Waals surface area contributed by atoms with Gasteiger partial charge in [-0.15, -0.1) is 10.2 Å². The van der Waals surface area contributed by atoms with Crippen molar-refractivity contribution in [1.29, 1.82) is 0 Å². The average Bonchev–Trinajstić information content (AvgIpc) is 2.80. The molecule has 2 heterocycles. The third-order valence-corrected chi connectivity index (χ3v) is 5.12. The van der Waals surface area contributed by atoms with E-state index in [1.807, 2.05) is 48.5 Å². The van der Waals surface area contributed by atoms with Crippen LogP contribution in [0.5, 0.6) is 5.75 Å². The summed E-state index contributed by atoms with van der Waals surface area (Å²) in [5.41, 5.74) is 2.98. The zero-order chi connectivity index (χ0) is 20.1. The highest BCUT2D eigenvalue weighted by atomic mass is 16.5. The molecule has 0 bridgehead atoms. The predicted octanol–water partition coefficient (Wildman–Crippen LogP) is 4.39. The summed E-state index contributed by atoms with van der Waals surface area (Å²) in [6.07, 6.45) is 3.72. The molecule has 2 aromatic carbocycles. The molecule has 0 atom stereocenters. The smallest absolute Gasteiger partial charge is 0.259 e. The Morgan fingerprint density at radius 3 is 2.38 bits per heavy atom. The zero-order valence-corrected chi connectivity index (χ0v) is 16.5. The highest BCUT2D eigenvalue weighted by molar-refractivity contribution is 6.06. The zero-order valence-electron chi connectivity index (χ0n) is 16.5. The molecule has 1 aliphatic rings. The number of para-hydroxylation sites is 1. The first-order valence-corrected chi connectivity index (χ1v) is 9.88. The van der Waals surface area contributed by atoms with E-state index in [4.69, 9.17) is 4.74 Å². The Hall–Kier alpha value is -3.41. The van der Waals surface area contributed by atoms with Crippen LogP contribution in [0.2, 0.25) is 0 Å². The Balaban J connectivity index is 1.44. The summed E-state index contributed by atoms with van der Waals surface area (Å²) < 4.78 is 5.26. The molecule has 4 rings (SSSR count). The molecule has 0 spiro atoms. The van der Waals surface area contributed by atoms with Gasteiger partial charge in [-0.2, -0.15) is 0 Å². The maximum atomic E-state index is 12.5. The number of carbonyl (C=O) groups excluding carboxylic acids is 1. The van der Waals surface area contributed by atoms with Crippen LogP contribution in [0, 0.1) is 0 Å². The number of anilines is 2. The van der Waals surface area contributed by atoms with E-state index in [-0.39, 0.29) is 5.91 Å². The molecule has 1 fully saturated rings. The lowest BCUT2D eigenvalue weighted by Crippen LogP contribution is -2.30. The molecule has 3 aromatic rings. The molecule has 0 radical (unpaired) electrons. The van der Waals surface area contributed by atoms with E-state index in [0.717, 1.165) is 30.2 Å². The van der Waals surface area contributed by atoms with Gasteiger partial charge in [-0.25, -0.2) is 0 Å². The van der Waals surface area contributed by atoms with E-state index >= 15 is 0 Å². The summed E-state index contributed by atoms with van der Waals surface area (Å²) in [6.45, 7) is 2.10. The number of nitrogens with one attached hydrogen (secondary N) is 1. The van der Waals surface area contributed by atoms with Gasteiger partial charge in [-0.05, 0) is 55.7 Å². The summed E-state index contributed by atoms with van der Waals surface area (Å²) in [5.74, 6) is 1.28. The fraction of sp³-hybridized carbons (Fsp3) is 0.261. The monoisotopic (exact) mass is 388 g/mol. The van der Waals surface area contributed by atoms with Crippen LogP contribution in [-0.2, 0) is 0 Å². The average molecular weight is 388 g/mol. The van der Waals surface area contributed by atoms with Gasteiger partial charge in [-0.3, -0.25) is 4.79 Å². The van der Waals surface area contributed by atoms with E-state index < -0.39 is 0 Å². The summed E-state index contributed by atoms with van der Waals surface area (Å²) in [7, 11) is 1.55. The van der Waals surface area contributed by atoms with Crippen LogP contribution in [0.3, 0.4) is 0 Å². The minimum atomic E-state index is -0.208. The third-order valence-electron chi connectivity index (χ3n) is 5.12. The number of methoxy groups -OCH3 is 1. The van der Waals surface area contributed by atoms with Crippen LogP contribution in [0.25, 0.3) is 11.3 Å². The molecule has 1 saturated heterocycles. The molecule has 0 saturated carbocycles. The van der Waals surface area contributed by atoms with Gasteiger partial charge in [0, 0.05) is 24.3 Å². The van der Waals surface area contributed by atoms with Crippen molar-refractivity contribution in [2.45, 2.75) is 19.3 Å². The van der Waals surface area contributed by atoms with Gasteiger partial charge < -0.3 is 15.0 Å². The molecule has 0 aliphatic carbocycles. The van der Waals surface area contributed by atoms with Crippen LogP contribution in [0.15, 0.2) is 60.7 Å². The summed E-state index contributed by atoms with van der Waals surface area (Å²) >= 11 is 0. The number of rotatable bonds is 5. The van der Waals surface area contributed by atoms with Crippen molar-refractivity contribution >= 4 is 17.4 Å². The maximum Gasteiger partial charge on any atom is 0.259 e. The van der Waals surface area contributed by atoms with E-state index in [2.05, 4.69) is 20.4 Å². The molecule has 1 aromatic heterocycles. The first kappa shape index (κ1) is 18.9. The normalized spacial score (nSPS) is 13.8. The predicted molar refractivity (Wildman–Crippen MR) is 114 cm³/mol. The number of aromatic nitrogens is 2. The van der Waals surface area contributed by atoms with E-state index in [0.29, 0.717) is 17.0 Å². The van der Waals surface area contributed by atoms with Crippen LogP contribution in [0.4, 0.5) is 11.5 Å². The van der Waals surface area contributed by atoms with Gasteiger partial charge in [-0.1, -0.05) is 24.3 Å². The van der Waals surface area contributed by atoms with Gasteiger partial charge in [0.1, 0.15) is 5.75 Å². The Labute approximate surface area is 170 Å². The summed E-state index contributed by atoms with van der Waals surface area (Å²) in [6, 6.07) is 18.8. The highest BCUT2D eigenvalue weighted by Gasteiger charge is 2.14. The molecular weight excluding hydrogens is 364 g/mol. The van der Waals surface area contributed by atoms with E-state index in [1.165, 1.54) is 19.3 Å². The van der Waals surface area contributed by atoms with Crippen molar-refractivity contribution in [2.24, 2.45) is 0 Å². The first-order valence-electron chi connectivity index (χ1n) is 9.88. The second-order valence-electron chi connectivity index (χ2n) is 7.06. The van der Waals surface area contributed by atoms with E-state index in [9.17, 15) is 4.79 Å². The minimum Gasteiger partial charge on any atom is -0.496 e. The van der Waals surface area contributed by atoms with Gasteiger partial charge >= 0.3 is 0 Å². The van der Waals surface area contributed by atoms with Crippen molar-refractivity contribution in [3.05, 3.63) is 66.2 Å². The molecule has 1 N–H and O–H groups in total. The van der Waals surface area contributed by atoms with Crippen molar-refractivity contribution < 1.29 is 9.53 Å². The maximum absolute atomic E-state index is 12.5. The number of carbonyl (C=O) groups is 1. The molecule has 1 aliphatic heterocycles. The summed E-state index contributed by atoms with van der Waals surface area (Å²) in [5, 5.41) is 11.7. The third kappa shape index (κ3) is 4.37. The quantitative estimate of drug-likeness (QED) is 0.702. The lowest BCUT2D eigenvalue weighted by molar-refractivity contribution is 0.102. The Kier molecular flexibility index (Phi) is 5.70. The lowest BCUT2D eigenvalue weighted by atomic mass is 10.1. The second kappa shape index (κ2) is 8.73. The lowest BCUT2D eigenvalue weighted by Gasteiger charge is -2.27. The van der Waals surface area contributed by atoms with Gasteiger partial charge in [0.25, 0.3) is 5.91 Å². The van der Waals surface area contributed by atoms with Crippen LogP contribution in [-0.4, -0.2) is 36.3 Å². The molecular formula is C23H24N4O2. The minimum absolute atomic E-state index is 0.208. The van der Waals surface area contributed by atoms with Gasteiger partial charge in [0.2, 0.25) is 0 Å². The Bertz CT molecular complexity index is 965. The number of hydrogen-bond acceptors (Lipinski definition) is 5. The second-order valence-corrected chi connectivity index (χ2v) is 7.06. The highest BCUT2D eigenvalue weighted by Crippen LogP contribution is 2.23. The number of hydrogen-bond donors (Lipinski definition) is 1. The standard InChI is InChI=1S/C23H24N4O2/c1-29-21-8-4-3-7-19(21)23(28)24-18-11-9-17(10-12-18)20-13-14-22(26-25-20)27-15-5-2-6-16-27/h3-4,7-14H,2,5-6,15-16H2,1H3,(H,24,28). The topological polar surface area (TPSA) is 67.3 Å². The fourth-order valence-electron chi connectivity index (χ4n) is 3.53. The van der Waals surface area contributed by atoms with Crippen molar-refractivity contribution in [3.8, 4) is 17.0 Å². The van der Waals surface area contributed by atoms with Crippen molar-refractivity contribution in [3.63, 3.8) is 0 Å². The molecule has 148 valence electrons. The molecule has 1 amide bonds. The molecule has 6 heteroatoms. The molecule has 6 nitrogen and oxygen atoms in total. The number of benzene rings is 2. The molecule has 0 unspecified atom stereocenters. The van der Waals surface area contributed by atoms with Crippen LogP contribution >= 0.6 is 0 Å². The molecule has 29 heavy (non-hydrogen) atoms. The number of amides is 1. The van der Waals surface area contributed by atoms with Gasteiger partial charge in [0.05, 0.1) is 18.4 Å². The van der Waals surface area contributed by atoms with E-state index in [1.54, 1.807) is 19.2 Å². The fourth-order valence-corrected chi connectivity index (χ4v) is 3.53. The number of nitrogens with zero attached hydrogens (tertiary/aromatic N) is 3. The van der Waals surface area contributed by atoms with Crippen molar-refractivity contribution in [1.82, 2.24) is 10.2 Å².